The van der Waals surface area contributed by atoms with Crippen LogP contribution in [0.1, 0.15) is 38.2 Å². The zero-order valence-corrected chi connectivity index (χ0v) is 12.5. The van der Waals surface area contributed by atoms with Crippen LogP contribution in [0, 0.1) is 15.5 Å². The Hall–Kier alpha value is -2.24. The van der Waals surface area contributed by atoms with Crippen molar-refractivity contribution in [1.29, 1.82) is 0 Å². The van der Waals surface area contributed by atoms with Gasteiger partial charge in [-0.2, -0.15) is 0 Å². The van der Waals surface area contributed by atoms with Gasteiger partial charge in [0.25, 0.3) is 5.69 Å². The molecule has 118 valence electrons. The number of non-ortho nitro benzene ring substituents is 1. The molecule has 1 aromatic rings. The van der Waals surface area contributed by atoms with Crippen molar-refractivity contribution in [2.24, 2.45) is 5.41 Å². The molecule has 0 spiro atoms. The number of ketones is 1. The maximum Gasteiger partial charge on any atom is 0.319 e. The van der Waals surface area contributed by atoms with Gasteiger partial charge in [-0.15, -0.1) is 0 Å². The standard InChI is InChI=1S/C16H19NO5/c1-2-22-15(19)16(10-4-3-5-14(16)18)11-12-6-8-13(9-7-12)17(20)21/h6-9H,2-5,10-11H2,1H3/t16-/m0/s1. The second-order valence-electron chi connectivity index (χ2n) is 5.53. The first-order valence-corrected chi connectivity index (χ1v) is 7.43. The molecule has 1 aliphatic carbocycles. The van der Waals surface area contributed by atoms with Gasteiger partial charge in [-0.25, -0.2) is 0 Å². The molecule has 6 heteroatoms. The molecule has 0 aliphatic heterocycles. The molecule has 0 N–H and O–H groups in total. The Labute approximate surface area is 128 Å². The van der Waals surface area contributed by atoms with E-state index in [-0.39, 0.29) is 24.5 Å². The molecule has 0 heterocycles. The number of nitro benzene ring substituents is 1. The quantitative estimate of drug-likeness (QED) is 0.361. The fraction of sp³-hybridized carbons (Fsp3) is 0.500. The number of hydrogen-bond donors (Lipinski definition) is 0. The van der Waals surface area contributed by atoms with Crippen LogP contribution in [-0.4, -0.2) is 23.3 Å². The number of hydrogen-bond acceptors (Lipinski definition) is 5. The van der Waals surface area contributed by atoms with Crippen molar-refractivity contribution in [1.82, 2.24) is 0 Å². The minimum atomic E-state index is -1.13. The van der Waals surface area contributed by atoms with E-state index in [1.54, 1.807) is 19.1 Å². The number of benzene rings is 1. The van der Waals surface area contributed by atoms with E-state index in [1.165, 1.54) is 12.1 Å². The molecule has 0 radical (unpaired) electrons. The first-order valence-electron chi connectivity index (χ1n) is 7.43. The largest absolute Gasteiger partial charge is 0.465 e. The van der Waals surface area contributed by atoms with Crippen molar-refractivity contribution in [2.45, 2.75) is 39.0 Å². The van der Waals surface area contributed by atoms with E-state index in [0.717, 1.165) is 18.4 Å². The summed E-state index contributed by atoms with van der Waals surface area (Å²) < 4.78 is 5.12. The Morgan fingerprint density at radius 1 is 1.32 bits per heavy atom. The van der Waals surface area contributed by atoms with Gasteiger partial charge in [0, 0.05) is 18.6 Å². The topological polar surface area (TPSA) is 86.5 Å². The van der Waals surface area contributed by atoms with Gasteiger partial charge in [0.15, 0.2) is 5.78 Å². The average Bonchev–Trinajstić information content (AvgIpc) is 2.50. The SMILES string of the molecule is CCOC(=O)[C@]1(Cc2ccc([N+](=O)[O-])cc2)CCCCC1=O. The van der Waals surface area contributed by atoms with Gasteiger partial charge in [-0.05, 0) is 31.7 Å². The summed E-state index contributed by atoms with van der Waals surface area (Å²) in [6.45, 7) is 1.94. The first-order chi connectivity index (χ1) is 10.5. The summed E-state index contributed by atoms with van der Waals surface area (Å²) >= 11 is 0. The summed E-state index contributed by atoms with van der Waals surface area (Å²) in [5, 5.41) is 10.7. The zero-order valence-electron chi connectivity index (χ0n) is 12.5. The van der Waals surface area contributed by atoms with E-state index in [2.05, 4.69) is 0 Å². The number of carbonyl (C=O) groups excluding carboxylic acids is 2. The number of nitrogens with zero attached hydrogens (tertiary/aromatic N) is 1. The summed E-state index contributed by atoms with van der Waals surface area (Å²) in [4.78, 5) is 35.0. The number of rotatable bonds is 5. The predicted molar refractivity (Wildman–Crippen MR) is 79.3 cm³/mol. The van der Waals surface area contributed by atoms with Gasteiger partial charge in [-0.1, -0.05) is 18.6 Å². The molecule has 1 atom stereocenters. The first kappa shape index (κ1) is 16.1. The van der Waals surface area contributed by atoms with Gasteiger partial charge in [-0.3, -0.25) is 19.7 Å². The molecule has 1 saturated carbocycles. The summed E-state index contributed by atoms with van der Waals surface area (Å²) in [6, 6.07) is 5.98. The lowest BCUT2D eigenvalue weighted by atomic mass is 9.69. The lowest BCUT2D eigenvalue weighted by Crippen LogP contribution is -2.44. The number of ether oxygens (including phenoxy) is 1. The summed E-state index contributed by atoms with van der Waals surface area (Å²) in [6.07, 6.45) is 2.69. The van der Waals surface area contributed by atoms with Gasteiger partial charge >= 0.3 is 5.97 Å². The molecule has 1 aromatic carbocycles. The van der Waals surface area contributed by atoms with Crippen LogP contribution in [0.3, 0.4) is 0 Å². The molecule has 1 fully saturated rings. The van der Waals surface area contributed by atoms with E-state index in [4.69, 9.17) is 4.74 Å². The molecular weight excluding hydrogens is 286 g/mol. The summed E-state index contributed by atoms with van der Waals surface area (Å²) in [5.74, 6) is -0.561. The van der Waals surface area contributed by atoms with Gasteiger partial charge in [0.2, 0.25) is 0 Å². The highest BCUT2D eigenvalue weighted by atomic mass is 16.6. The molecule has 0 bridgehead atoms. The third-order valence-corrected chi connectivity index (χ3v) is 4.11. The minimum Gasteiger partial charge on any atom is -0.465 e. The molecule has 2 rings (SSSR count). The van der Waals surface area contributed by atoms with Crippen molar-refractivity contribution in [2.75, 3.05) is 6.61 Å². The van der Waals surface area contributed by atoms with E-state index in [9.17, 15) is 19.7 Å². The molecule has 0 saturated heterocycles. The summed E-state index contributed by atoms with van der Waals surface area (Å²) in [5.41, 5.74) is -0.414. The maximum absolute atomic E-state index is 12.4. The highest BCUT2D eigenvalue weighted by Crippen LogP contribution is 2.38. The molecule has 6 nitrogen and oxygen atoms in total. The van der Waals surface area contributed by atoms with Gasteiger partial charge in [0.1, 0.15) is 5.41 Å². The van der Waals surface area contributed by atoms with Crippen molar-refractivity contribution in [3.8, 4) is 0 Å². The van der Waals surface area contributed by atoms with Crippen molar-refractivity contribution < 1.29 is 19.2 Å². The Kier molecular flexibility index (Phi) is 4.90. The van der Waals surface area contributed by atoms with Gasteiger partial charge < -0.3 is 4.74 Å². The monoisotopic (exact) mass is 305 g/mol. The van der Waals surface area contributed by atoms with Crippen molar-refractivity contribution >= 4 is 17.4 Å². The lowest BCUT2D eigenvalue weighted by Gasteiger charge is -2.33. The highest BCUT2D eigenvalue weighted by molar-refractivity contribution is 6.04. The number of Topliss-reactive ketones (excluding diaryl/α,β-unsaturated/α-hetero) is 1. The van der Waals surface area contributed by atoms with Crippen LogP contribution in [0.25, 0.3) is 0 Å². The third-order valence-electron chi connectivity index (χ3n) is 4.11. The zero-order chi connectivity index (χ0) is 16.2. The fourth-order valence-corrected chi connectivity index (χ4v) is 2.92. The lowest BCUT2D eigenvalue weighted by molar-refractivity contribution is -0.384. The van der Waals surface area contributed by atoms with E-state index >= 15 is 0 Å². The Bertz CT molecular complexity index is 581. The molecule has 0 aromatic heterocycles. The normalized spacial score (nSPS) is 21.4. The second-order valence-corrected chi connectivity index (χ2v) is 5.53. The van der Waals surface area contributed by atoms with Crippen LogP contribution in [0.5, 0.6) is 0 Å². The van der Waals surface area contributed by atoms with Crippen molar-refractivity contribution in [3.05, 3.63) is 39.9 Å². The van der Waals surface area contributed by atoms with Gasteiger partial charge in [0.05, 0.1) is 11.5 Å². The molecule has 0 unspecified atom stereocenters. The van der Waals surface area contributed by atoms with Crippen LogP contribution >= 0.6 is 0 Å². The number of carbonyl (C=O) groups is 2. The Morgan fingerprint density at radius 2 is 2.00 bits per heavy atom. The average molecular weight is 305 g/mol. The molecular formula is C16H19NO5. The third kappa shape index (κ3) is 3.16. The maximum atomic E-state index is 12.4. The molecule has 1 aliphatic rings. The molecule has 0 amide bonds. The van der Waals surface area contributed by atoms with E-state index in [1.807, 2.05) is 0 Å². The van der Waals surface area contributed by atoms with Crippen LogP contribution in [0.2, 0.25) is 0 Å². The summed E-state index contributed by atoms with van der Waals surface area (Å²) in [7, 11) is 0. The minimum absolute atomic E-state index is 0.0103. The predicted octanol–water partition coefficient (Wildman–Crippen LogP) is 2.83. The number of esters is 1. The fourth-order valence-electron chi connectivity index (χ4n) is 2.92. The van der Waals surface area contributed by atoms with Crippen LogP contribution < -0.4 is 0 Å². The van der Waals surface area contributed by atoms with Crippen LogP contribution in [-0.2, 0) is 20.7 Å². The van der Waals surface area contributed by atoms with E-state index < -0.39 is 16.3 Å². The van der Waals surface area contributed by atoms with Crippen LogP contribution in [0.15, 0.2) is 24.3 Å². The number of nitro groups is 1. The van der Waals surface area contributed by atoms with Crippen molar-refractivity contribution in [3.63, 3.8) is 0 Å². The van der Waals surface area contributed by atoms with Crippen LogP contribution in [0.4, 0.5) is 5.69 Å². The second kappa shape index (κ2) is 6.68. The highest BCUT2D eigenvalue weighted by Gasteiger charge is 2.47. The Balaban J connectivity index is 2.28. The van der Waals surface area contributed by atoms with E-state index in [0.29, 0.717) is 12.8 Å². The molecule has 22 heavy (non-hydrogen) atoms. The smallest absolute Gasteiger partial charge is 0.319 e. The Morgan fingerprint density at radius 3 is 2.55 bits per heavy atom.